The number of unbranched alkanes of at least 4 members (excludes halogenated alkanes) is 6. The molecular weight excluding hydrogens is 688 g/mol. The second-order valence-electron chi connectivity index (χ2n) is 13.0. The van der Waals surface area contributed by atoms with Crippen LogP contribution in [0, 0.1) is 0 Å². The Hall–Kier alpha value is -4.93. The molecule has 0 bridgehead atoms. The minimum atomic E-state index is -0.589. The summed E-state index contributed by atoms with van der Waals surface area (Å²) in [5.74, 6) is -2.91. The Kier molecular flexibility index (Phi) is 17.8. The van der Waals surface area contributed by atoms with Gasteiger partial charge >= 0.3 is 0 Å². The maximum atomic E-state index is 13.0. The number of rotatable bonds is 24. The molecule has 290 valence electrons. The van der Waals surface area contributed by atoms with Gasteiger partial charge in [-0.2, -0.15) is 0 Å². The first kappa shape index (κ1) is 42.5. The largest absolute Gasteiger partial charge is 0.356 e. The van der Waals surface area contributed by atoms with Crippen molar-refractivity contribution in [2.24, 2.45) is 0 Å². The maximum absolute atomic E-state index is 13.0. The zero-order valence-corrected chi connectivity index (χ0v) is 30.4. The van der Waals surface area contributed by atoms with Crippen molar-refractivity contribution < 1.29 is 49.2 Å². The molecule has 0 unspecified atom stereocenters. The molecule has 1 aliphatic rings. The van der Waals surface area contributed by atoms with Crippen LogP contribution in [0.25, 0.3) is 10.8 Å². The average Bonchev–Trinajstić information content (AvgIpc) is 3.14. The lowest BCUT2D eigenvalue weighted by molar-refractivity contribution is -0.166. The van der Waals surface area contributed by atoms with Crippen LogP contribution in [0.3, 0.4) is 0 Å². The highest BCUT2D eigenvalue weighted by Crippen LogP contribution is 2.30. The number of nitrogens with zero attached hydrogens (tertiary/aromatic N) is 4. The summed E-state index contributed by atoms with van der Waals surface area (Å²) in [7, 11) is 0. The number of imide groups is 1. The Morgan fingerprint density at radius 2 is 1.02 bits per heavy atom. The second-order valence-corrected chi connectivity index (χ2v) is 13.0. The van der Waals surface area contributed by atoms with Gasteiger partial charge in [0, 0.05) is 88.4 Å². The van der Waals surface area contributed by atoms with E-state index in [1.165, 1.54) is 11.8 Å². The summed E-state index contributed by atoms with van der Waals surface area (Å²) in [4.78, 5) is 86.7. The van der Waals surface area contributed by atoms with Crippen molar-refractivity contribution >= 4 is 52.1 Å². The molecule has 1 heterocycles. The minimum absolute atomic E-state index is 0.0543. The van der Waals surface area contributed by atoms with E-state index in [0.717, 1.165) is 5.39 Å². The molecular formula is C37H52N6O10. The van der Waals surface area contributed by atoms with Gasteiger partial charge in [0.05, 0.1) is 0 Å². The van der Waals surface area contributed by atoms with Crippen LogP contribution in [0.5, 0.6) is 0 Å². The standard InChI is InChI=1S/C37H52N6O10/c1-27(44)41(51)24-8-2-5-21-38-31(45)17-19-33(47)42(52)25-9-3-6-22-39-32(46)18-20-34(48)43(53)26-10-4-7-23-40-36(49)29-15-11-13-28-14-12-16-30(35(28)29)37(40)50/h11-16,51-53H,2-10,17-26H2,1H3,(H,38,45)(H,39,46). The summed E-state index contributed by atoms with van der Waals surface area (Å²) in [5.41, 5.74) is 0.996. The van der Waals surface area contributed by atoms with Gasteiger partial charge in [-0.1, -0.05) is 24.3 Å². The summed E-state index contributed by atoms with van der Waals surface area (Å²) in [6, 6.07) is 10.8. The van der Waals surface area contributed by atoms with Crippen LogP contribution < -0.4 is 10.6 Å². The number of benzene rings is 2. The fourth-order valence-corrected chi connectivity index (χ4v) is 5.86. The van der Waals surface area contributed by atoms with E-state index < -0.39 is 17.7 Å². The first-order chi connectivity index (χ1) is 25.4. The number of carbonyl (C=O) groups is 7. The molecule has 16 heteroatoms. The molecule has 0 aromatic heterocycles. The Balaban J connectivity index is 1.16. The number of carbonyl (C=O) groups excluding carboxylic acids is 7. The van der Waals surface area contributed by atoms with Crippen LogP contribution in [0.1, 0.15) is 111 Å². The number of nitrogens with one attached hydrogen (secondary N) is 2. The third-order valence-corrected chi connectivity index (χ3v) is 8.92. The third kappa shape index (κ3) is 13.9. The monoisotopic (exact) mass is 740 g/mol. The summed E-state index contributed by atoms with van der Waals surface area (Å²) in [6.07, 6.45) is 4.66. The summed E-state index contributed by atoms with van der Waals surface area (Å²) >= 11 is 0. The van der Waals surface area contributed by atoms with Gasteiger partial charge < -0.3 is 10.6 Å². The highest BCUT2D eigenvalue weighted by atomic mass is 16.5. The van der Waals surface area contributed by atoms with E-state index in [4.69, 9.17) is 0 Å². The maximum Gasteiger partial charge on any atom is 0.261 e. The van der Waals surface area contributed by atoms with Crippen LogP contribution >= 0.6 is 0 Å². The third-order valence-electron chi connectivity index (χ3n) is 8.92. The Morgan fingerprint density at radius 1 is 0.585 bits per heavy atom. The summed E-state index contributed by atoms with van der Waals surface area (Å²) < 4.78 is 0. The quantitative estimate of drug-likeness (QED) is 0.0457. The predicted octanol–water partition coefficient (Wildman–Crippen LogP) is 3.41. The molecule has 2 aromatic carbocycles. The van der Waals surface area contributed by atoms with Gasteiger partial charge in [0.1, 0.15) is 0 Å². The number of hydrogen-bond donors (Lipinski definition) is 5. The molecule has 0 saturated heterocycles. The van der Waals surface area contributed by atoms with Crippen molar-refractivity contribution in [3.8, 4) is 0 Å². The van der Waals surface area contributed by atoms with Crippen molar-refractivity contribution in [3.63, 3.8) is 0 Å². The highest BCUT2D eigenvalue weighted by Gasteiger charge is 2.32. The molecule has 53 heavy (non-hydrogen) atoms. The van der Waals surface area contributed by atoms with E-state index in [2.05, 4.69) is 10.6 Å². The topological polar surface area (TPSA) is 217 Å². The van der Waals surface area contributed by atoms with Gasteiger partial charge in [0.25, 0.3) is 11.8 Å². The van der Waals surface area contributed by atoms with E-state index in [0.29, 0.717) is 103 Å². The molecule has 0 spiro atoms. The molecule has 1 aliphatic heterocycles. The molecule has 0 aliphatic carbocycles. The Labute approximate surface area is 308 Å². The Morgan fingerprint density at radius 3 is 1.47 bits per heavy atom. The van der Waals surface area contributed by atoms with E-state index >= 15 is 0 Å². The molecule has 5 N–H and O–H groups in total. The second kappa shape index (κ2) is 22.2. The van der Waals surface area contributed by atoms with Crippen LogP contribution in [0.4, 0.5) is 0 Å². The van der Waals surface area contributed by atoms with Crippen LogP contribution in [-0.4, -0.2) is 116 Å². The zero-order valence-electron chi connectivity index (χ0n) is 30.4. The lowest BCUT2D eigenvalue weighted by Gasteiger charge is -2.27. The van der Waals surface area contributed by atoms with E-state index in [1.54, 1.807) is 24.3 Å². The van der Waals surface area contributed by atoms with Crippen molar-refractivity contribution in [2.45, 2.75) is 90.4 Å². The van der Waals surface area contributed by atoms with Crippen LogP contribution in [-0.2, 0) is 24.0 Å². The normalized spacial score (nSPS) is 12.1. The van der Waals surface area contributed by atoms with Gasteiger partial charge in [-0.3, -0.25) is 54.1 Å². The summed E-state index contributed by atoms with van der Waals surface area (Å²) in [5, 5.41) is 38.1. The van der Waals surface area contributed by atoms with Gasteiger partial charge in [-0.15, -0.1) is 0 Å². The first-order valence-electron chi connectivity index (χ1n) is 18.3. The number of hydroxylamine groups is 6. The molecule has 16 nitrogen and oxygen atoms in total. The van der Waals surface area contributed by atoms with Gasteiger partial charge in [-0.05, 0) is 75.3 Å². The van der Waals surface area contributed by atoms with Gasteiger partial charge in [0.2, 0.25) is 29.5 Å². The van der Waals surface area contributed by atoms with Gasteiger partial charge in [-0.25, -0.2) is 15.2 Å². The van der Waals surface area contributed by atoms with E-state index in [-0.39, 0.29) is 75.5 Å². The average molecular weight is 741 g/mol. The van der Waals surface area contributed by atoms with E-state index in [1.807, 2.05) is 12.1 Å². The first-order valence-corrected chi connectivity index (χ1v) is 18.3. The fourth-order valence-electron chi connectivity index (χ4n) is 5.86. The van der Waals surface area contributed by atoms with Crippen LogP contribution in [0.15, 0.2) is 36.4 Å². The molecule has 0 atom stereocenters. The molecule has 0 radical (unpaired) electrons. The zero-order chi connectivity index (χ0) is 38.8. The fraction of sp³-hybridized carbons (Fsp3) is 0.541. The lowest BCUT2D eigenvalue weighted by Crippen LogP contribution is -2.40. The summed E-state index contributed by atoms with van der Waals surface area (Å²) in [6.45, 7) is 2.59. The van der Waals surface area contributed by atoms with Gasteiger partial charge in [0.15, 0.2) is 0 Å². The van der Waals surface area contributed by atoms with Crippen molar-refractivity contribution in [2.75, 3.05) is 39.3 Å². The molecule has 2 aromatic rings. The SMILES string of the molecule is CC(=O)N(O)CCCCCNC(=O)CCC(=O)N(O)CCCCCNC(=O)CCC(=O)N(O)CCCCCN1C(=O)c2cccc3cccc(c23)C1=O. The molecule has 3 rings (SSSR count). The van der Waals surface area contributed by atoms with Crippen molar-refractivity contribution in [3.05, 3.63) is 47.5 Å². The number of hydrogen-bond acceptors (Lipinski definition) is 10. The van der Waals surface area contributed by atoms with E-state index in [9.17, 15) is 49.2 Å². The molecule has 7 amide bonds. The minimum Gasteiger partial charge on any atom is -0.356 e. The lowest BCUT2D eigenvalue weighted by atomic mass is 9.94. The van der Waals surface area contributed by atoms with Crippen molar-refractivity contribution in [1.82, 2.24) is 30.7 Å². The van der Waals surface area contributed by atoms with Crippen molar-refractivity contribution in [1.29, 1.82) is 0 Å². The number of amides is 7. The highest BCUT2D eigenvalue weighted by molar-refractivity contribution is 6.25. The predicted molar refractivity (Wildman–Crippen MR) is 192 cm³/mol. The molecule has 0 fully saturated rings. The smallest absolute Gasteiger partial charge is 0.261 e. The van der Waals surface area contributed by atoms with Crippen LogP contribution in [0.2, 0.25) is 0 Å². The molecule has 0 saturated carbocycles. The Bertz CT molecular complexity index is 1550.